The molecule has 1 nitrogen and oxygen atoms in total. The largest absolute Gasteiger partial charge is 0.386 e. The van der Waals surface area contributed by atoms with E-state index in [-0.39, 0.29) is 0 Å². The summed E-state index contributed by atoms with van der Waals surface area (Å²) in [6, 6.07) is 0. The minimum atomic E-state index is 0.983. The highest BCUT2D eigenvalue weighted by Crippen LogP contribution is 1.78. The lowest BCUT2D eigenvalue weighted by molar-refractivity contribution is 0.420. The molecular weight excluding hydrogens is 76.1 g/mol. The fourth-order valence-corrected chi connectivity index (χ4v) is 0.197. The second-order valence-electron chi connectivity index (χ2n) is 0.985. The maximum Gasteiger partial charge on any atom is 0.102 e. The third kappa shape index (κ3) is 3.70. The van der Waals surface area contributed by atoms with Crippen LogP contribution in [0.3, 0.4) is 0 Å². The lowest BCUT2D eigenvalue weighted by Gasteiger charge is -1.71. The minimum Gasteiger partial charge on any atom is -0.386 e. The monoisotopic (exact) mass is 85.1 g/mol. The molecule has 6 heavy (non-hydrogen) atoms. The Balaban J connectivity index is 2.73. The third-order valence-corrected chi connectivity index (χ3v) is 0.458. The topological polar surface area (TPSA) is 20.2 Å². The molecule has 0 bridgehead atoms. The van der Waals surface area contributed by atoms with E-state index in [9.17, 15) is 0 Å². The summed E-state index contributed by atoms with van der Waals surface area (Å²) in [4.78, 5) is 0. The van der Waals surface area contributed by atoms with Crippen LogP contribution in [0.15, 0.2) is 12.2 Å². The van der Waals surface area contributed by atoms with Crippen molar-refractivity contribution in [3.8, 4) is 0 Å². The zero-order valence-corrected chi connectivity index (χ0v) is 3.89. The van der Waals surface area contributed by atoms with Crippen LogP contribution in [0.5, 0.6) is 0 Å². The molecule has 1 radical (unpaired) electrons. The van der Waals surface area contributed by atoms with E-state index < -0.39 is 0 Å². The molecular formula is C5H9O. The van der Waals surface area contributed by atoms with E-state index >= 15 is 0 Å². The molecule has 0 unspecified atom stereocenters. The van der Waals surface area contributed by atoms with Crippen molar-refractivity contribution in [3.05, 3.63) is 18.8 Å². The highest BCUT2D eigenvalue weighted by Gasteiger charge is 1.61. The van der Waals surface area contributed by atoms with Gasteiger partial charge in [0, 0.05) is 0 Å². The molecule has 0 heterocycles. The van der Waals surface area contributed by atoms with Crippen molar-refractivity contribution in [1.82, 2.24) is 0 Å². The number of hydrogen-bond donors (Lipinski definition) is 1. The van der Waals surface area contributed by atoms with Crippen molar-refractivity contribution in [3.63, 3.8) is 0 Å². The number of aliphatic hydroxyl groups is 1. The van der Waals surface area contributed by atoms with E-state index in [1.165, 1.54) is 0 Å². The highest BCUT2D eigenvalue weighted by molar-refractivity contribution is 4.86. The zero-order chi connectivity index (χ0) is 4.83. The lowest BCUT2D eigenvalue weighted by Crippen LogP contribution is -1.57. The quantitative estimate of drug-likeness (QED) is 0.538. The molecule has 0 amide bonds. The van der Waals surface area contributed by atoms with Gasteiger partial charge in [0.15, 0.2) is 0 Å². The highest BCUT2D eigenvalue weighted by atomic mass is 16.2. The van der Waals surface area contributed by atoms with Gasteiger partial charge in [-0.15, -0.1) is 0 Å². The Labute approximate surface area is 38.3 Å². The zero-order valence-electron chi connectivity index (χ0n) is 3.89. The van der Waals surface area contributed by atoms with Gasteiger partial charge in [0.2, 0.25) is 0 Å². The molecule has 0 atom stereocenters. The van der Waals surface area contributed by atoms with Gasteiger partial charge in [0.05, 0.1) is 0 Å². The summed E-state index contributed by atoms with van der Waals surface area (Å²) in [5.41, 5.74) is 0. The van der Waals surface area contributed by atoms with Gasteiger partial charge < -0.3 is 5.11 Å². The van der Waals surface area contributed by atoms with Gasteiger partial charge in [-0.1, -0.05) is 19.1 Å². The van der Waals surface area contributed by atoms with E-state index in [2.05, 4.69) is 0 Å². The molecule has 0 aromatic carbocycles. The van der Waals surface area contributed by atoms with Crippen molar-refractivity contribution < 1.29 is 5.11 Å². The maximum absolute atomic E-state index is 7.99. The Kier molecular flexibility index (Phi) is 4.46. The van der Waals surface area contributed by atoms with Crippen LogP contribution in [0, 0.1) is 6.61 Å². The number of hydrogen-bond acceptors (Lipinski definition) is 1. The predicted molar refractivity (Wildman–Crippen MR) is 25.7 cm³/mol. The summed E-state index contributed by atoms with van der Waals surface area (Å²) in [6.07, 6.45) is 4.47. The molecule has 0 saturated carbocycles. The van der Waals surface area contributed by atoms with Crippen molar-refractivity contribution in [1.29, 1.82) is 0 Å². The van der Waals surface area contributed by atoms with Crippen molar-refractivity contribution >= 4 is 0 Å². The summed E-state index contributed by atoms with van der Waals surface area (Å²) >= 11 is 0. The molecule has 0 aliphatic rings. The molecule has 0 aliphatic heterocycles. The molecule has 1 heteroatoms. The standard InChI is InChI=1S/C5H9O/c1-2-3-4-5-6/h3-6H,2H2,1H3/b4-3+. The average molecular weight is 85.1 g/mol. The Morgan fingerprint density at radius 2 is 2.33 bits per heavy atom. The first-order valence-electron chi connectivity index (χ1n) is 2.04. The Hall–Kier alpha value is -0.300. The molecule has 35 valence electrons. The van der Waals surface area contributed by atoms with Crippen LogP contribution in [-0.4, -0.2) is 5.11 Å². The van der Waals surface area contributed by atoms with Gasteiger partial charge >= 0.3 is 0 Å². The first-order chi connectivity index (χ1) is 2.91. The van der Waals surface area contributed by atoms with Crippen molar-refractivity contribution in [2.45, 2.75) is 13.3 Å². The van der Waals surface area contributed by atoms with Crippen LogP contribution < -0.4 is 0 Å². The van der Waals surface area contributed by atoms with Crippen LogP contribution in [0.1, 0.15) is 13.3 Å². The summed E-state index contributed by atoms with van der Waals surface area (Å²) in [7, 11) is 0. The smallest absolute Gasteiger partial charge is 0.102 e. The van der Waals surface area contributed by atoms with Gasteiger partial charge in [0.1, 0.15) is 6.61 Å². The summed E-state index contributed by atoms with van der Waals surface area (Å²) < 4.78 is 0. The van der Waals surface area contributed by atoms with E-state index in [0.717, 1.165) is 13.0 Å². The predicted octanol–water partition coefficient (Wildman–Crippen LogP) is 1.49. The van der Waals surface area contributed by atoms with Crippen molar-refractivity contribution in [2.75, 3.05) is 0 Å². The molecule has 0 spiro atoms. The normalized spacial score (nSPS) is 10.3. The van der Waals surface area contributed by atoms with Gasteiger partial charge in [-0.25, -0.2) is 0 Å². The Bertz CT molecular complexity index is 33.2. The second-order valence-corrected chi connectivity index (χ2v) is 0.985. The van der Waals surface area contributed by atoms with Crippen molar-refractivity contribution in [2.24, 2.45) is 0 Å². The van der Waals surface area contributed by atoms with Gasteiger partial charge in [-0.05, 0) is 6.42 Å². The number of allylic oxidation sites excluding steroid dienone is 1. The first-order valence-corrected chi connectivity index (χ1v) is 2.04. The maximum atomic E-state index is 7.99. The molecule has 1 N–H and O–H groups in total. The number of aliphatic hydroxyl groups excluding tert-OH is 1. The van der Waals surface area contributed by atoms with E-state index in [1.54, 1.807) is 6.08 Å². The Morgan fingerprint density at radius 3 is 2.50 bits per heavy atom. The summed E-state index contributed by atoms with van der Waals surface area (Å²) in [5, 5.41) is 7.99. The SMILES string of the molecule is CC/C=C/[CH]O. The average Bonchev–Trinajstić information content (AvgIpc) is 1.61. The van der Waals surface area contributed by atoms with Crippen LogP contribution in [0.2, 0.25) is 0 Å². The second kappa shape index (κ2) is 4.70. The van der Waals surface area contributed by atoms with Crippen LogP contribution >= 0.6 is 0 Å². The Morgan fingerprint density at radius 1 is 1.67 bits per heavy atom. The van der Waals surface area contributed by atoms with E-state index in [1.807, 2.05) is 13.0 Å². The molecule has 0 aromatic heterocycles. The van der Waals surface area contributed by atoms with E-state index in [0.29, 0.717) is 0 Å². The van der Waals surface area contributed by atoms with Crippen LogP contribution in [-0.2, 0) is 0 Å². The van der Waals surface area contributed by atoms with Gasteiger partial charge in [-0.2, -0.15) is 0 Å². The van der Waals surface area contributed by atoms with Crippen LogP contribution in [0.25, 0.3) is 0 Å². The fourth-order valence-electron chi connectivity index (χ4n) is 0.197. The molecule has 0 rings (SSSR count). The van der Waals surface area contributed by atoms with E-state index in [4.69, 9.17) is 5.11 Å². The molecule has 0 fully saturated rings. The van der Waals surface area contributed by atoms with Crippen LogP contribution in [0.4, 0.5) is 0 Å². The summed E-state index contributed by atoms with van der Waals surface area (Å²) in [6.45, 7) is 3.05. The summed E-state index contributed by atoms with van der Waals surface area (Å²) in [5.74, 6) is 0. The molecule has 0 saturated heterocycles. The molecule has 0 aliphatic carbocycles. The first kappa shape index (κ1) is 5.70. The van der Waals surface area contributed by atoms with Gasteiger partial charge in [0.25, 0.3) is 0 Å². The van der Waals surface area contributed by atoms with Gasteiger partial charge in [-0.3, -0.25) is 0 Å². The number of rotatable bonds is 2. The minimum absolute atomic E-state index is 0.983. The lowest BCUT2D eigenvalue weighted by atomic mass is 10.4. The molecule has 0 aromatic rings. The fraction of sp³-hybridized carbons (Fsp3) is 0.400. The third-order valence-electron chi connectivity index (χ3n) is 0.458.